The molecule has 0 unspecified atom stereocenters. The Balaban J connectivity index is 2.59. The molecule has 0 aliphatic carbocycles. The summed E-state index contributed by atoms with van der Waals surface area (Å²) in [5, 5.41) is 0. The maximum atomic E-state index is 12.0. The molecule has 4 heteroatoms. The van der Waals surface area contributed by atoms with Crippen LogP contribution in [0.2, 0.25) is 0 Å². The third-order valence-electron chi connectivity index (χ3n) is 3.47. The number of amides is 2. The van der Waals surface area contributed by atoms with Gasteiger partial charge in [0.05, 0.1) is 18.5 Å². The van der Waals surface area contributed by atoms with Crippen LogP contribution in [0.1, 0.15) is 18.1 Å². The van der Waals surface area contributed by atoms with Gasteiger partial charge in [0.25, 0.3) is 0 Å². The Morgan fingerprint density at radius 1 is 1.19 bits per heavy atom. The summed E-state index contributed by atoms with van der Waals surface area (Å²) in [5.74, 6) is 0.636. The molecule has 2 aromatic carbocycles. The second kappa shape index (κ2) is 6.31. The van der Waals surface area contributed by atoms with Crippen LogP contribution in [0.15, 0.2) is 42.5 Å². The van der Waals surface area contributed by atoms with Crippen molar-refractivity contribution in [1.82, 2.24) is 0 Å². The quantitative estimate of drug-likeness (QED) is 0.928. The molecule has 2 aromatic rings. The van der Waals surface area contributed by atoms with Gasteiger partial charge >= 0.3 is 6.03 Å². The molecule has 2 amide bonds. The summed E-state index contributed by atoms with van der Waals surface area (Å²) in [5.41, 5.74) is 9.12. The number of carbonyl (C=O) groups is 1. The molecule has 0 aromatic heterocycles. The number of aryl methyl sites for hydroxylation is 2. The molecular weight excluding hydrogens is 264 g/mol. The minimum atomic E-state index is -0.535. The van der Waals surface area contributed by atoms with Gasteiger partial charge in [0.2, 0.25) is 0 Å². The summed E-state index contributed by atoms with van der Waals surface area (Å²) in [4.78, 5) is 13.4. The first-order valence-electron chi connectivity index (χ1n) is 6.90. The van der Waals surface area contributed by atoms with Crippen LogP contribution < -0.4 is 15.4 Å². The molecule has 2 rings (SSSR count). The molecule has 0 aliphatic rings. The van der Waals surface area contributed by atoms with Gasteiger partial charge in [-0.3, -0.25) is 4.90 Å². The zero-order chi connectivity index (χ0) is 15.4. The van der Waals surface area contributed by atoms with Crippen LogP contribution >= 0.6 is 0 Å². The standard InChI is InChI=1S/C17H20N2O2/c1-4-13-9-10-15(16(11-13)21-3)19(17(18)20)14-8-6-5-7-12(14)2/h5-11H,4H2,1-3H3,(H2,18,20). The highest BCUT2D eigenvalue weighted by molar-refractivity contribution is 6.00. The van der Waals surface area contributed by atoms with Crippen LogP contribution in [-0.4, -0.2) is 13.1 Å². The van der Waals surface area contributed by atoms with Crippen LogP contribution in [0, 0.1) is 6.92 Å². The Morgan fingerprint density at radius 2 is 1.90 bits per heavy atom. The first-order valence-corrected chi connectivity index (χ1v) is 6.90. The minimum Gasteiger partial charge on any atom is -0.495 e. The Bertz CT molecular complexity index is 653. The number of benzene rings is 2. The molecule has 4 nitrogen and oxygen atoms in total. The summed E-state index contributed by atoms with van der Waals surface area (Å²) in [6.07, 6.45) is 0.900. The number of methoxy groups -OCH3 is 1. The first-order chi connectivity index (χ1) is 10.1. The molecule has 0 heterocycles. The van der Waals surface area contributed by atoms with E-state index in [0.29, 0.717) is 11.4 Å². The Hall–Kier alpha value is -2.49. The van der Waals surface area contributed by atoms with Crippen molar-refractivity contribution in [1.29, 1.82) is 0 Å². The lowest BCUT2D eigenvalue weighted by Crippen LogP contribution is -2.32. The van der Waals surface area contributed by atoms with Gasteiger partial charge in [-0.1, -0.05) is 31.2 Å². The van der Waals surface area contributed by atoms with Crippen molar-refractivity contribution in [3.8, 4) is 5.75 Å². The summed E-state index contributed by atoms with van der Waals surface area (Å²) >= 11 is 0. The largest absolute Gasteiger partial charge is 0.495 e. The lowest BCUT2D eigenvalue weighted by molar-refractivity contribution is 0.256. The highest BCUT2D eigenvalue weighted by atomic mass is 16.5. The van der Waals surface area contributed by atoms with E-state index in [-0.39, 0.29) is 0 Å². The Morgan fingerprint density at radius 3 is 2.48 bits per heavy atom. The van der Waals surface area contributed by atoms with E-state index in [0.717, 1.165) is 23.2 Å². The summed E-state index contributed by atoms with van der Waals surface area (Å²) in [7, 11) is 1.59. The third-order valence-corrected chi connectivity index (χ3v) is 3.47. The number of hydrogen-bond donors (Lipinski definition) is 1. The Kier molecular flexibility index (Phi) is 4.48. The van der Waals surface area contributed by atoms with Crippen molar-refractivity contribution in [2.75, 3.05) is 12.0 Å². The zero-order valence-electron chi connectivity index (χ0n) is 12.6. The molecule has 0 spiro atoms. The van der Waals surface area contributed by atoms with Crippen molar-refractivity contribution in [2.24, 2.45) is 5.73 Å². The molecule has 0 saturated heterocycles. The number of primary amides is 1. The summed E-state index contributed by atoms with van der Waals surface area (Å²) in [6, 6.07) is 12.9. The van der Waals surface area contributed by atoms with Crippen molar-refractivity contribution >= 4 is 17.4 Å². The van der Waals surface area contributed by atoms with Crippen molar-refractivity contribution in [3.05, 3.63) is 53.6 Å². The van der Waals surface area contributed by atoms with Crippen LogP contribution in [0.3, 0.4) is 0 Å². The molecule has 0 saturated carbocycles. The van der Waals surface area contributed by atoms with E-state index in [1.807, 2.05) is 49.4 Å². The number of ether oxygens (including phenoxy) is 1. The van der Waals surface area contributed by atoms with E-state index >= 15 is 0 Å². The van der Waals surface area contributed by atoms with Crippen molar-refractivity contribution < 1.29 is 9.53 Å². The van der Waals surface area contributed by atoms with Gasteiger partial charge in [-0.15, -0.1) is 0 Å². The molecule has 110 valence electrons. The van der Waals surface area contributed by atoms with E-state index in [1.165, 1.54) is 4.90 Å². The number of para-hydroxylation sites is 1. The molecule has 21 heavy (non-hydrogen) atoms. The maximum Gasteiger partial charge on any atom is 0.324 e. The molecular formula is C17H20N2O2. The van der Waals surface area contributed by atoms with Gasteiger partial charge in [0.15, 0.2) is 0 Å². The highest BCUT2D eigenvalue weighted by Gasteiger charge is 2.20. The average Bonchev–Trinajstić information content (AvgIpc) is 2.49. The van der Waals surface area contributed by atoms with Gasteiger partial charge in [0.1, 0.15) is 5.75 Å². The molecule has 0 radical (unpaired) electrons. The fourth-order valence-corrected chi connectivity index (χ4v) is 2.31. The Labute approximate surface area is 125 Å². The molecule has 0 atom stereocenters. The smallest absolute Gasteiger partial charge is 0.324 e. The van der Waals surface area contributed by atoms with Gasteiger partial charge in [0, 0.05) is 0 Å². The van der Waals surface area contributed by atoms with E-state index in [4.69, 9.17) is 10.5 Å². The number of rotatable bonds is 4. The zero-order valence-corrected chi connectivity index (χ0v) is 12.6. The number of carbonyl (C=O) groups excluding carboxylic acids is 1. The maximum absolute atomic E-state index is 12.0. The van der Waals surface area contributed by atoms with Gasteiger partial charge in [-0.2, -0.15) is 0 Å². The second-order valence-corrected chi connectivity index (χ2v) is 4.82. The first kappa shape index (κ1) is 14.9. The van der Waals surface area contributed by atoms with Crippen molar-refractivity contribution in [2.45, 2.75) is 20.3 Å². The fraction of sp³-hybridized carbons (Fsp3) is 0.235. The SMILES string of the molecule is CCc1ccc(N(C(N)=O)c2ccccc2C)c(OC)c1. The normalized spacial score (nSPS) is 10.2. The number of urea groups is 1. The highest BCUT2D eigenvalue weighted by Crippen LogP contribution is 2.35. The van der Waals surface area contributed by atoms with Crippen molar-refractivity contribution in [3.63, 3.8) is 0 Å². The van der Waals surface area contributed by atoms with E-state index in [1.54, 1.807) is 7.11 Å². The monoisotopic (exact) mass is 284 g/mol. The van der Waals surface area contributed by atoms with Crippen LogP contribution in [0.25, 0.3) is 0 Å². The van der Waals surface area contributed by atoms with E-state index in [9.17, 15) is 4.79 Å². The number of nitrogens with zero attached hydrogens (tertiary/aromatic N) is 1. The summed E-state index contributed by atoms with van der Waals surface area (Å²) in [6.45, 7) is 4.01. The molecule has 2 N–H and O–H groups in total. The fourth-order valence-electron chi connectivity index (χ4n) is 2.31. The van der Waals surface area contributed by atoms with Crippen LogP contribution in [0.4, 0.5) is 16.2 Å². The lowest BCUT2D eigenvalue weighted by Gasteiger charge is -2.24. The van der Waals surface area contributed by atoms with Gasteiger partial charge in [-0.05, 0) is 42.7 Å². The minimum absolute atomic E-state index is 0.535. The molecule has 0 fully saturated rings. The van der Waals surface area contributed by atoms with Gasteiger partial charge in [-0.25, -0.2) is 4.79 Å². The number of nitrogens with two attached hydrogens (primary N) is 1. The third kappa shape index (κ3) is 2.99. The average molecular weight is 284 g/mol. The summed E-state index contributed by atoms with van der Waals surface area (Å²) < 4.78 is 5.43. The van der Waals surface area contributed by atoms with E-state index < -0.39 is 6.03 Å². The van der Waals surface area contributed by atoms with Crippen LogP contribution in [-0.2, 0) is 6.42 Å². The van der Waals surface area contributed by atoms with E-state index in [2.05, 4.69) is 6.92 Å². The number of anilines is 2. The van der Waals surface area contributed by atoms with Crippen LogP contribution in [0.5, 0.6) is 5.75 Å². The number of hydrogen-bond acceptors (Lipinski definition) is 2. The molecule has 0 bridgehead atoms. The lowest BCUT2D eigenvalue weighted by atomic mass is 10.1. The predicted molar refractivity (Wildman–Crippen MR) is 85.3 cm³/mol. The van der Waals surface area contributed by atoms with Gasteiger partial charge < -0.3 is 10.5 Å². The molecule has 0 aliphatic heterocycles. The second-order valence-electron chi connectivity index (χ2n) is 4.82. The predicted octanol–water partition coefficient (Wildman–Crippen LogP) is 3.78. The topological polar surface area (TPSA) is 55.6 Å².